The number of hydrogen-bond donors (Lipinski definition) is 1. The average molecular weight is 416 g/mol. The number of benzene rings is 2. The van der Waals surface area contributed by atoms with Crippen molar-refractivity contribution in [3.8, 4) is 0 Å². The summed E-state index contributed by atoms with van der Waals surface area (Å²) in [7, 11) is 0. The number of carbonyl (C=O) groups is 1. The molecule has 0 unspecified atom stereocenters. The van der Waals surface area contributed by atoms with E-state index in [9.17, 15) is 4.79 Å². The van der Waals surface area contributed by atoms with Gasteiger partial charge in [-0.3, -0.25) is 4.79 Å². The Morgan fingerprint density at radius 1 is 1.07 bits per heavy atom. The number of nitrogens with one attached hydrogen (secondary N) is 1. The molecule has 0 aliphatic heterocycles. The van der Waals surface area contributed by atoms with Crippen LogP contribution in [0.1, 0.15) is 25.0 Å². The Labute approximate surface area is 175 Å². The van der Waals surface area contributed by atoms with Crippen LogP contribution in [0.5, 0.6) is 0 Å². The first kappa shape index (κ1) is 20.6. The highest BCUT2D eigenvalue weighted by Crippen LogP contribution is 2.60. The van der Waals surface area contributed by atoms with Crippen molar-refractivity contribution in [2.75, 3.05) is 5.32 Å². The van der Waals surface area contributed by atoms with E-state index in [1.54, 1.807) is 6.08 Å². The summed E-state index contributed by atoms with van der Waals surface area (Å²) in [5.41, 5.74) is 4.18. The van der Waals surface area contributed by atoms with Crippen LogP contribution in [0, 0.1) is 31.1 Å². The number of anilines is 1. The second-order valence-electron chi connectivity index (χ2n) is 7.76. The normalized spacial score (nSPS) is 20.1. The van der Waals surface area contributed by atoms with Gasteiger partial charge in [-0.15, -0.1) is 0 Å². The van der Waals surface area contributed by atoms with Crippen LogP contribution in [0.15, 0.2) is 63.3 Å². The van der Waals surface area contributed by atoms with Gasteiger partial charge in [0.25, 0.3) is 0 Å². The number of hydrogen-bond acceptors (Lipinski definition) is 3. The number of aryl methyl sites for hydroxylation is 2. The monoisotopic (exact) mass is 415 g/mol. The van der Waals surface area contributed by atoms with Crippen LogP contribution in [0.25, 0.3) is 0 Å². The van der Waals surface area contributed by atoms with Gasteiger partial charge in [-0.25, -0.2) is 0 Å². The van der Waals surface area contributed by atoms with E-state index >= 15 is 0 Å². The average Bonchev–Trinajstić information content (AvgIpc) is 3.15. The Balaban J connectivity index is 1.71. The van der Waals surface area contributed by atoms with Gasteiger partial charge in [-0.05, 0) is 66.6 Å². The third-order valence-corrected chi connectivity index (χ3v) is 5.61. The molecular weight excluding hydrogens is 393 g/mol. The van der Waals surface area contributed by atoms with Crippen molar-refractivity contribution in [2.45, 2.75) is 27.7 Å². The van der Waals surface area contributed by atoms with Crippen molar-refractivity contribution in [2.24, 2.45) is 27.5 Å². The van der Waals surface area contributed by atoms with Gasteiger partial charge in [-0.1, -0.05) is 55.2 Å². The summed E-state index contributed by atoms with van der Waals surface area (Å²) in [6, 6.07) is 13.4. The molecule has 0 aromatic heterocycles. The lowest BCUT2D eigenvalue weighted by atomic mass is 10.1. The van der Waals surface area contributed by atoms with E-state index in [-0.39, 0.29) is 27.6 Å². The minimum Gasteiger partial charge on any atom is -0.326 e. The fraction of sp³-hybridized carbons (Fsp3) is 0.318. The maximum atomic E-state index is 12.7. The van der Waals surface area contributed by atoms with Crippen LogP contribution in [0.4, 0.5) is 17.1 Å². The van der Waals surface area contributed by atoms with E-state index in [1.807, 2.05) is 70.2 Å². The van der Waals surface area contributed by atoms with Crippen molar-refractivity contribution < 1.29 is 4.79 Å². The van der Waals surface area contributed by atoms with Gasteiger partial charge in [-0.2, -0.15) is 10.2 Å². The van der Waals surface area contributed by atoms with E-state index in [1.165, 1.54) is 0 Å². The summed E-state index contributed by atoms with van der Waals surface area (Å²) >= 11 is 11.5. The van der Waals surface area contributed by atoms with Crippen LogP contribution in [0.2, 0.25) is 0 Å². The number of azo groups is 1. The summed E-state index contributed by atoms with van der Waals surface area (Å²) < 4.78 is 0.202. The van der Waals surface area contributed by atoms with Gasteiger partial charge in [0.15, 0.2) is 0 Å². The molecule has 146 valence electrons. The van der Waals surface area contributed by atoms with Gasteiger partial charge in [0, 0.05) is 5.69 Å². The van der Waals surface area contributed by atoms with E-state index in [4.69, 9.17) is 23.2 Å². The van der Waals surface area contributed by atoms with Crippen molar-refractivity contribution in [3.63, 3.8) is 0 Å². The highest BCUT2D eigenvalue weighted by molar-refractivity contribution is 6.55. The van der Waals surface area contributed by atoms with Gasteiger partial charge < -0.3 is 5.32 Å². The van der Waals surface area contributed by atoms with Gasteiger partial charge >= 0.3 is 0 Å². The van der Waals surface area contributed by atoms with Crippen molar-refractivity contribution in [3.05, 3.63) is 64.2 Å². The smallest absolute Gasteiger partial charge is 0.228 e. The molecule has 2 atom stereocenters. The number of halogens is 2. The Kier molecular flexibility index (Phi) is 5.92. The van der Waals surface area contributed by atoms with E-state index in [0.29, 0.717) is 0 Å². The SMILES string of the molecule is Cc1ccccc1N=Nc1ccc(NC(=O)[C@@H]2[C@H](C=C(Cl)Cl)C2(C)C)c(C)c1. The summed E-state index contributed by atoms with van der Waals surface area (Å²) in [6.45, 7) is 8.01. The second-order valence-corrected chi connectivity index (χ2v) is 8.76. The molecule has 4 nitrogen and oxygen atoms in total. The Bertz CT molecular complexity index is 962. The van der Waals surface area contributed by atoms with Crippen LogP contribution < -0.4 is 5.32 Å². The van der Waals surface area contributed by atoms with Crippen LogP contribution in [-0.4, -0.2) is 5.91 Å². The molecule has 1 aliphatic carbocycles. The molecule has 0 heterocycles. The minimum absolute atomic E-state index is 0.0294. The molecule has 1 fully saturated rings. The number of rotatable bonds is 5. The van der Waals surface area contributed by atoms with Crippen molar-refractivity contribution in [1.82, 2.24) is 0 Å². The predicted octanol–water partition coefficient (Wildman–Crippen LogP) is 7.25. The Hall–Kier alpha value is -2.17. The standard InChI is InChI=1S/C22H23Cl2N3O/c1-13-7-5-6-8-18(13)27-26-15-9-10-17(14(2)11-15)25-21(28)20-16(12-19(23)24)22(20,3)4/h5-12,16,20H,1-4H3,(H,25,28)/t16-,20-/m0/s1. The third kappa shape index (κ3) is 4.45. The molecule has 3 rings (SSSR count). The molecule has 0 spiro atoms. The quantitative estimate of drug-likeness (QED) is 0.513. The second kappa shape index (κ2) is 8.06. The van der Waals surface area contributed by atoms with Crippen molar-refractivity contribution in [1.29, 1.82) is 0 Å². The topological polar surface area (TPSA) is 53.8 Å². The number of amides is 1. The zero-order chi connectivity index (χ0) is 20.5. The van der Waals surface area contributed by atoms with E-state index in [0.717, 1.165) is 28.2 Å². The molecule has 1 saturated carbocycles. The van der Waals surface area contributed by atoms with E-state index < -0.39 is 0 Å². The molecule has 0 radical (unpaired) electrons. The van der Waals surface area contributed by atoms with Crippen LogP contribution in [-0.2, 0) is 4.79 Å². The fourth-order valence-electron chi connectivity index (χ4n) is 3.47. The third-order valence-electron chi connectivity index (χ3n) is 5.36. The maximum Gasteiger partial charge on any atom is 0.228 e. The molecule has 1 aliphatic rings. The summed E-state index contributed by atoms with van der Waals surface area (Å²) in [4.78, 5) is 12.7. The van der Waals surface area contributed by atoms with Crippen molar-refractivity contribution >= 4 is 46.2 Å². The first-order valence-electron chi connectivity index (χ1n) is 9.12. The summed E-state index contributed by atoms with van der Waals surface area (Å²) in [6.07, 6.45) is 1.75. The maximum absolute atomic E-state index is 12.7. The van der Waals surface area contributed by atoms with Crippen LogP contribution in [0.3, 0.4) is 0 Å². The summed E-state index contributed by atoms with van der Waals surface area (Å²) in [5.74, 6) is -0.141. The van der Waals surface area contributed by atoms with Gasteiger partial charge in [0.2, 0.25) is 5.91 Å². The Morgan fingerprint density at radius 2 is 1.79 bits per heavy atom. The first-order valence-corrected chi connectivity index (χ1v) is 9.87. The summed E-state index contributed by atoms with van der Waals surface area (Å²) in [5, 5.41) is 11.6. The largest absolute Gasteiger partial charge is 0.326 e. The molecule has 1 N–H and O–H groups in total. The number of nitrogens with zero attached hydrogens (tertiary/aromatic N) is 2. The fourth-order valence-corrected chi connectivity index (χ4v) is 3.74. The zero-order valence-electron chi connectivity index (χ0n) is 16.3. The lowest BCUT2D eigenvalue weighted by molar-refractivity contribution is -0.118. The molecular formula is C22H23Cl2N3O. The lowest BCUT2D eigenvalue weighted by Crippen LogP contribution is -2.17. The molecule has 1 amide bonds. The van der Waals surface area contributed by atoms with Gasteiger partial charge in [0.1, 0.15) is 4.49 Å². The highest BCUT2D eigenvalue weighted by atomic mass is 35.5. The molecule has 2 aromatic rings. The molecule has 0 bridgehead atoms. The first-order chi connectivity index (χ1) is 13.2. The number of allylic oxidation sites excluding steroid dienone is 1. The predicted molar refractivity (Wildman–Crippen MR) is 116 cm³/mol. The highest BCUT2D eigenvalue weighted by Gasteiger charge is 2.60. The van der Waals surface area contributed by atoms with E-state index in [2.05, 4.69) is 15.5 Å². The molecule has 0 saturated heterocycles. The molecule has 2 aromatic carbocycles. The molecule has 6 heteroatoms. The zero-order valence-corrected chi connectivity index (χ0v) is 17.8. The Morgan fingerprint density at radius 3 is 2.43 bits per heavy atom. The minimum atomic E-state index is -0.158. The molecule has 28 heavy (non-hydrogen) atoms. The lowest BCUT2D eigenvalue weighted by Gasteiger charge is -2.09. The number of carbonyl (C=O) groups excluding carboxylic acids is 1. The van der Waals surface area contributed by atoms with Gasteiger partial charge in [0.05, 0.1) is 17.3 Å². The van der Waals surface area contributed by atoms with Crippen LogP contribution >= 0.6 is 23.2 Å².